The van der Waals surface area contributed by atoms with Gasteiger partial charge in [-0.3, -0.25) is 0 Å². The Morgan fingerprint density at radius 2 is 2.05 bits per heavy atom. The zero-order valence-corrected chi connectivity index (χ0v) is 12.3. The first-order valence-electron chi connectivity index (χ1n) is 6.01. The maximum Gasteiger partial charge on any atom is 0.133 e. The second-order valence-corrected chi connectivity index (χ2v) is 5.02. The fraction of sp³-hybridized carbons (Fsp3) is 0.214. The van der Waals surface area contributed by atoms with Gasteiger partial charge in [-0.05, 0) is 58.7 Å². The average molecular weight is 322 g/mol. The Morgan fingerprint density at radius 3 is 2.68 bits per heavy atom. The minimum Gasteiger partial charge on any atom is -0.492 e. The van der Waals surface area contributed by atoms with Crippen LogP contribution in [0, 0.1) is 6.92 Å². The summed E-state index contributed by atoms with van der Waals surface area (Å²) in [5.74, 6) is 1.66. The third-order valence-corrected chi connectivity index (χ3v) is 2.98. The molecule has 1 aromatic heterocycles. The highest BCUT2D eigenvalue weighted by molar-refractivity contribution is 9.10. The number of nitrogens with zero attached hydrogens (tertiary/aromatic N) is 1. The van der Waals surface area contributed by atoms with Crippen LogP contribution < -0.4 is 15.8 Å². The van der Waals surface area contributed by atoms with Gasteiger partial charge in [0.25, 0.3) is 0 Å². The van der Waals surface area contributed by atoms with Crippen LogP contribution in [-0.4, -0.2) is 18.1 Å². The molecule has 0 atom stereocenters. The number of nitrogens with two attached hydrogens (primary N) is 1. The molecule has 100 valence electrons. The summed E-state index contributed by atoms with van der Waals surface area (Å²) >= 11 is 3.40. The van der Waals surface area contributed by atoms with Crippen LogP contribution in [0.15, 0.2) is 41.0 Å². The molecule has 0 fully saturated rings. The number of halogens is 1. The zero-order chi connectivity index (χ0) is 13.7. The summed E-state index contributed by atoms with van der Waals surface area (Å²) in [6.07, 6.45) is 1.77. The maximum atomic E-state index is 5.43. The molecule has 0 spiro atoms. The number of rotatable bonds is 5. The predicted octanol–water partition coefficient (Wildman–Crippen LogP) is 3.23. The highest BCUT2D eigenvalue weighted by Crippen LogP contribution is 2.22. The third kappa shape index (κ3) is 3.94. The molecule has 4 nitrogen and oxygen atoms in total. The van der Waals surface area contributed by atoms with E-state index in [1.807, 2.05) is 37.3 Å². The molecular formula is C14H16BrN3O. The van der Waals surface area contributed by atoms with Crippen molar-refractivity contribution in [2.75, 3.05) is 18.5 Å². The van der Waals surface area contributed by atoms with E-state index >= 15 is 0 Å². The van der Waals surface area contributed by atoms with Gasteiger partial charge in [-0.25, -0.2) is 4.98 Å². The molecule has 0 radical (unpaired) electrons. The lowest BCUT2D eigenvalue weighted by atomic mass is 10.2. The number of hydrogen-bond donors (Lipinski definition) is 2. The lowest BCUT2D eigenvalue weighted by Crippen LogP contribution is -2.10. The highest BCUT2D eigenvalue weighted by atomic mass is 79.9. The smallest absolute Gasteiger partial charge is 0.133 e. The Kier molecular flexibility index (Phi) is 4.76. The van der Waals surface area contributed by atoms with Gasteiger partial charge >= 0.3 is 0 Å². The van der Waals surface area contributed by atoms with Gasteiger partial charge in [0.1, 0.15) is 18.2 Å². The number of aromatic nitrogens is 1. The molecule has 1 aromatic carbocycles. The van der Waals surface area contributed by atoms with Gasteiger partial charge in [0.2, 0.25) is 0 Å². The SMILES string of the molecule is Cc1cc(Br)cnc1Nc1ccc(OCCN)cc1. The summed E-state index contributed by atoms with van der Waals surface area (Å²) < 4.78 is 6.40. The van der Waals surface area contributed by atoms with Crippen LogP contribution in [0.4, 0.5) is 11.5 Å². The molecule has 0 bridgehead atoms. The van der Waals surface area contributed by atoms with Gasteiger partial charge in [-0.15, -0.1) is 0 Å². The van der Waals surface area contributed by atoms with Crippen LogP contribution in [0.1, 0.15) is 5.56 Å². The fourth-order valence-corrected chi connectivity index (χ4v) is 2.07. The normalized spacial score (nSPS) is 10.3. The molecule has 3 N–H and O–H groups in total. The van der Waals surface area contributed by atoms with E-state index in [2.05, 4.69) is 26.2 Å². The van der Waals surface area contributed by atoms with E-state index in [1.165, 1.54) is 0 Å². The number of pyridine rings is 1. The molecule has 5 heteroatoms. The summed E-state index contributed by atoms with van der Waals surface area (Å²) in [5.41, 5.74) is 7.44. The molecule has 0 unspecified atom stereocenters. The first kappa shape index (κ1) is 13.8. The largest absolute Gasteiger partial charge is 0.492 e. The number of aryl methyl sites for hydroxylation is 1. The first-order chi connectivity index (χ1) is 9.19. The van der Waals surface area contributed by atoms with Gasteiger partial charge in [0.05, 0.1) is 0 Å². The molecule has 2 aromatic rings. The Bertz CT molecular complexity index is 543. The Balaban J connectivity index is 2.06. The Morgan fingerprint density at radius 1 is 1.32 bits per heavy atom. The molecule has 1 heterocycles. The van der Waals surface area contributed by atoms with Gasteiger partial charge in [-0.1, -0.05) is 0 Å². The highest BCUT2D eigenvalue weighted by Gasteiger charge is 2.01. The number of nitrogens with one attached hydrogen (secondary N) is 1. The summed E-state index contributed by atoms with van der Waals surface area (Å²) in [7, 11) is 0. The van der Waals surface area contributed by atoms with Crippen LogP contribution >= 0.6 is 15.9 Å². The average Bonchev–Trinajstić information content (AvgIpc) is 2.41. The van der Waals surface area contributed by atoms with E-state index in [9.17, 15) is 0 Å². The van der Waals surface area contributed by atoms with Crippen LogP contribution in [0.5, 0.6) is 5.75 Å². The monoisotopic (exact) mass is 321 g/mol. The summed E-state index contributed by atoms with van der Waals surface area (Å²) in [4.78, 5) is 4.34. The van der Waals surface area contributed by atoms with Crippen molar-refractivity contribution >= 4 is 27.4 Å². The van der Waals surface area contributed by atoms with Crippen molar-refractivity contribution in [1.29, 1.82) is 0 Å². The van der Waals surface area contributed by atoms with E-state index in [0.29, 0.717) is 13.2 Å². The van der Waals surface area contributed by atoms with Crippen molar-refractivity contribution in [1.82, 2.24) is 4.98 Å². The molecule has 0 aliphatic rings. The zero-order valence-electron chi connectivity index (χ0n) is 10.7. The van der Waals surface area contributed by atoms with Crippen molar-refractivity contribution in [3.05, 3.63) is 46.6 Å². The van der Waals surface area contributed by atoms with Crippen LogP contribution in [0.3, 0.4) is 0 Å². The van der Waals surface area contributed by atoms with Gasteiger partial charge in [-0.2, -0.15) is 0 Å². The Labute approximate surface area is 121 Å². The second-order valence-electron chi connectivity index (χ2n) is 4.11. The molecule has 0 aliphatic carbocycles. The topological polar surface area (TPSA) is 60.2 Å². The maximum absolute atomic E-state index is 5.43. The summed E-state index contributed by atoms with van der Waals surface area (Å²) in [6, 6.07) is 9.75. The number of anilines is 2. The molecule has 0 aliphatic heterocycles. The molecular weight excluding hydrogens is 306 g/mol. The van der Waals surface area contributed by atoms with E-state index < -0.39 is 0 Å². The lowest BCUT2D eigenvalue weighted by molar-refractivity contribution is 0.328. The molecule has 0 saturated heterocycles. The van der Waals surface area contributed by atoms with E-state index in [4.69, 9.17) is 10.5 Å². The van der Waals surface area contributed by atoms with Crippen LogP contribution in [0.2, 0.25) is 0 Å². The van der Waals surface area contributed by atoms with Gasteiger partial charge < -0.3 is 15.8 Å². The Hall–Kier alpha value is -1.59. The summed E-state index contributed by atoms with van der Waals surface area (Å²) in [6.45, 7) is 3.06. The number of ether oxygens (including phenoxy) is 1. The van der Waals surface area contributed by atoms with Crippen molar-refractivity contribution in [3.8, 4) is 5.75 Å². The molecule has 2 rings (SSSR count). The standard InChI is InChI=1S/C14H16BrN3O/c1-10-8-11(15)9-17-14(10)18-12-2-4-13(5-3-12)19-7-6-16/h2-5,8-9H,6-7,16H2,1H3,(H,17,18). The quantitative estimate of drug-likeness (QED) is 0.887. The van der Waals surface area contributed by atoms with E-state index in [0.717, 1.165) is 27.3 Å². The van der Waals surface area contributed by atoms with Crippen molar-refractivity contribution in [2.45, 2.75) is 6.92 Å². The van der Waals surface area contributed by atoms with E-state index in [-0.39, 0.29) is 0 Å². The minimum atomic E-state index is 0.516. The van der Waals surface area contributed by atoms with Crippen LogP contribution in [-0.2, 0) is 0 Å². The van der Waals surface area contributed by atoms with Gasteiger partial charge in [0, 0.05) is 22.9 Å². The van der Waals surface area contributed by atoms with Crippen molar-refractivity contribution in [3.63, 3.8) is 0 Å². The molecule has 19 heavy (non-hydrogen) atoms. The van der Waals surface area contributed by atoms with Gasteiger partial charge in [0.15, 0.2) is 0 Å². The number of hydrogen-bond acceptors (Lipinski definition) is 4. The third-order valence-electron chi connectivity index (χ3n) is 2.55. The first-order valence-corrected chi connectivity index (χ1v) is 6.80. The fourth-order valence-electron chi connectivity index (χ4n) is 1.62. The predicted molar refractivity (Wildman–Crippen MR) is 80.9 cm³/mol. The van der Waals surface area contributed by atoms with E-state index in [1.54, 1.807) is 6.20 Å². The number of benzene rings is 1. The lowest BCUT2D eigenvalue weighted by Gasteiger charge is -2.10. The van der Waals surface area contributed by atoms with Crippen molar-refractivity contribution < 1.29 is 4.74 Å². The molecule has 0 amide bonds. The van der Waals surface area contributed by atoms with Crippen LogP contribution in [0.25, 0.3) is 0 Å². The second kappa shape index (κ2) is 6.54. The minimum absolute atomic E-state index is 0.516. The van der Waals surface area contributed by atoms with Crippen molar-refractivity contribution in [2.24, 2.45) is 5.73 Å². The molecule has 0 saturated carbocycles. The summed E-state index contributed by atoms with van der Waals surface area (Å²) in [5, 5.41) is 3.27.